The molecule has 0 radical (unpaired) electrons. The van der Waals surface area contributed by atoms with Crippen LogP contribution in [0.5, 0.6) is 0 Å². The van der Waals surface area contributed by atoms with Crippen LogP contribution in [0, 0.1) is 11.8 Å². The van der Waals surface area contributed by atoms with Crippen LogP contribution in [0.15, 0.2) is 23.5 Å². The van der Waals surface area contributed by atoms with Gasteiger partial charge in [0.25, 0.3) is 0 Å². The minimum absolute atomic E-state index is 0.383. The number of hydrogen-bond donors (Lipinski definition) is 0. The lowest BCUT2D eigenvalue weighted by atomic mass is 9.73. The largest absolute Gasteiger partial charge is 0.495 e. The predicted molar refractivity (Wildman–Crippen MR) is 89.6 cm³/mol. The van der Waals surface area contributed by atoms with E-state index in [2.05, 4.69) is 31.8 Å². The first-order chi connectivity index (χ1) is 10.0. The van der Waals surface area contributed by atoms with Gasteiger partial charge in [-0.05, 0) is 63.2 Å². The van der Waals surface area contributed by atoms with Crippen molar-refractivity contribution in [3.05, 3.63) is 23.5 Å². The SMILES string of the molecule is C[Si](C)(C)OCC[C@H]1CC[C@H]2CC=C[C@H]3CCCC(=C23)O1. The van der Waals surface area contributed by atoms with E-state index >= 15 is 0 Å². The molecule has 2 nitrogen and oxygen atoms in total. The van der Waals surface area contributed by atoms with Gasteiger partial charge in [0, 0.05) is 25.4 Å². The zero-order valence-corrected chi connectivity index (χ0v) is 14.9. The van der Waals surface area contributed by atoms with Crippen molar-refractivity contribution in [1.82, 2.24) is 0 Å². The zero-order valence-electron chi connectivity index (χ0n) is 13.9. The van der Waals surface area contributed by atoms with Crippen LogP contribution in [0.4, 0.5) is 0 Å². The molecule has 3 atom stereocenters. The quantitative estimate of drug-likeness (QED) is 0.535. The minimum atomic E-state index is -1.39. The molecule has 0 aromatic heterocycles. The van der Waals surface area contributed by atoms with Gasteiger partial charge in [0.1, 0.15) is 6.10 Å². The highest BCUT2D eigenvalue weighted by molar-refractivity contribution is 6.69. The molecule has 0 spiro atoms. The van der Waals surface area contributed by atoms with E-state index in [9.17, 15) is 0 Å². The van der Waals surface area contributed by atoms with Crippen molar-refractivity contribution in [3.8, 4) is 0 Å². The molecular weight excluding hydrogens is 276 g/mol. The second kappa shape index (κ2) is 6.29. The van der Waals surface area contributed by atoms with Crippen LogP contribution in [0.3, 0.4) is 0 Å². The van der Waals surface area contributed by atoms with Crippen molar-refractivity contribution in [2.75, 3.05) is 6.61 Å². The third kappa shape index (κ3) is 3.81. The van der Waals surface area contributed by atoms with Crippen molar-refractivity contribution < 1.29 is 9.16 Å². The average Bonchev–Trinajstić information content (AvgIpc) is 2.60. The Morgan fingerprint density at radius 1 is 1.24 bits per heavy atom. The maximum Gasteiger partial charge on any atom is 0.183 e. The second-order valence-corrected chi connectivity index (χ2v) is 12.3. The van der Waals surface area contributed by atoms with Gasteiger partial charge in [0.15, 0.2) is 8.32 Å². The summed E-state index contributed by atoms with van der Waals surface area (Å²) < 4.78 is 12.5. The molecule has 1 heterocycles. The van der Waals surface area contributed by atoms with Crippen molar-refractivity contribution in [2.45, 2.75) is 70.7 Å². The fourth-order valence-corrected chi connectivity index (χ4v) is 4.73. The lowest BCUT2D eigenvalue weighted by Gasteiger charge is -2.32. The van der Waals surface area contributed by atoms with E-state index in [0.29, 0.717) is 12.0 Å². The summed E-state index contributed by atoms with van der Waals surface area (Å²) in [5.74, 6) is 2.80. The number of allylic oxidation sites excluding steroid dienone is 4. The molecule has 0 aromatic carbocycles. The van der Waals surface area contributed by atoms with Crippen molar-refractivity contribution in [1.29, 1.82) is 0 Å². The molecule has 0 amide bonds. The summed E-state index contributed by atoms with van der Waals surface area (Å²) in [5.41, 5.74) is 1.66. The van der Waals surface area contributed by atoms with Crippen LogP contribution in [0.2, 0.25) is 19.6 Å². The Kier molecular flexibility index (Phi) is 4.60. The number of ether oxygens (including phenoxy) is 1. The maximum atomic E-state index is 6.45. The highest BCUT2D eigenvalue weighted by Crippen LogP contribution is 2.45. The van der Waals surface area contributed by atoms with Gasteiger partial charge in [-0.1, -0.05) is 12.2 Å². The maximum absolute atomic E-state index is 6.45. The van der Waals surface area contributed by atoms with Gasteiger partial charge in [-0.25, -0.2) is 0 Å². The fraction of sp³-hybridized carbons (Fsp3) is 0.778. The molecule has 0 saturated heterocycles. The summed E-state index contributed by atoms with van der Waals surface area (Å²) in [6, 6.07) is 0. The standard InChI is InChI=1S/C18H30O2Si/c1-21(2,3)19-13-12-16-11-10-15-7-4-6-14-8-5-9-17(20-16)18(14)15/h4,6,14-16H,5,7-13H2,1-3H3/t14-,15+,16+/m0/s1. The Morgan fingerprint density at radius 2 is 2.10 bits per heavy atom. The van der Waals surface area contributed by atoms with Crippen LogP contribution in [0.25, 0.3) is 0 Å². The molecule has 1 aliphatic heterocycles. The van der Waals surface area contributed by atoms with E-state index in [1.54, 1.807) is 5.57 Å². The Morgan fingerprint density at radius 3 is 2.90 bits per heavy atom. The normalized spacial score (nSPS) is 32.4. The molecule has 21 heavy (non-hydrogen) atoms. The Hall–Kier alpha value is -0.543. The van der Waals surface area contributed by atoms with E-state index in [4.69, 9.17) is 9.16 Å². The summed E-state index contributed by atoms with van der Waals surface area (Å²) >= 11 is 0. The predicted octanol–water partition coefficient (Wildman–Crippen LogP) is 5.04. The molecule has 3 rings (SSSR count). The third-order valence-corrected chi connectivity index (χ3v) is 6.06. The van der Waals surface area contributed by atoms with Gasteiger partial charge in [0.2, 0.25) is 0 Å². The van der Waals surface area contributed by atoms with Crippen LogP contribution in [-0.4, -0.2) is 21.0 Å². The molecule has 3 heteroatoms. The molecule has 118 valence electrons. The lowest BCUT2D eigenvalue weighted by Crippen LogP contribution is -2.27. The summed E-state index contributed by atoms with van der Waals surface area (Å²) in [7, 11) is -1.39. The van der Waals surface area contributed by atoms with Gasteiger partial charge < -0.3 is 9.16 Å². The van der Waals surface area contributed by atoms with Crippen LogP contribution < -0.4 is 0 Å². The molecule has 2 aliphatic carbocycles. The Bertz CT molecular complexity index is 433. The van der Waals surface area contributed by atoms with E-state index in [0.717, 1.165) is 18.9 Å². The second-order valence-electron chi connectivity index (χ2n) is 7.80. The molecule has 0 fully saturated rings. The molecule has 0 unspecified atom stereocenters. The summed E-state index contributed by atoms with van der Waals surface area (Å²) in [4.78, 5) is 0. The molecule has 3 aliphatic rings. The first-order valence-corrected chi connectivity index (χ1v) is 12.1. The average molecular weight is 307 g/mol. The summed E-state index contributed by atoms with van der Waals surface area (Å²) in [5, 5.41) is 0. The van der Waals surface area contributed by atoms with Gasteiger partial charge >= 0.3 is 0 Å². The van der Waals surface area contributed by atoms with Crippen molar-refractivity contribution in [3.63, 3.8) is 0 Å². The molecule has 0 aromatic rings. The van der Waals surface area contributed by atoms with E-state index in [1.165, 1.54) is 44.3 Å². The van der Waals surface area contributed by atoms with E-state index in [1.807, 2.05) is 0 Å². The Labute approximate surface area is 130 Å². The molecule has 0 bridgehead atoms. The first kappa shape index (κ1) is 15.4. The van der Waals surface area contributed by atoms with Gasteiger partial charge in [-0.15, -0.1) is 0 Å². The highest BCUT2D eigenvalue weighted by Gasteiger charge is 2.34. The number of rotatable bonds is 4. The minimum Gasteiger partial charge on any atom is -0.495 e. The fourth-order valence-electron chi connectivity index (χ4n) is 4.00. The van der Waals surface area contributed by atoms with Crippen molar-refractivity contribution in [2.24, 2.45) is 11.8 Å². The monoisotopic (exact) mass is 306 g/mol. The topological polar surface area (TPSA) is 18.5 Å². The van der Waals surface area contributed by atoms with Crippen LogP contribution in [0.1, 0.15) is 44.9 Å². The van der Waals surface area contributed by atoms with E-state index in [-0.39, 0.29) is 0 Å². The highest BCUT2D eigenvalue weighted by atomic mass is 28.4. The summed E-state index contributed by atoms with van der Waals surface area (Å²) in [6.45, 7) is 7.65. The summed E-state index contributed by atoms with van der Waals surface area (Å²) in [6.07, 6.45) is 13.8. The van der Waals surface area contributed by atoms with Gasteiger partial charge in [0.05, 0.1) is 5.76 Å². The molecule has 0 N–H and O–H groups in total. The van der Waals surface area contributed by atoms with Crippen LogP contribution >= 0.6 is 0 Å². The lowest BCUT2D eigenvalue weighted by molar-refractivity contribution is 0.0786. The smallest absolute Gasteiger partial charge is 0.183 e. The van der Waals surface area contributed by atoms with Crippen LogP contribution in [-0.2, 0) is 9.16 Å². The first-order valence-electron chi connectivity index (χ1n) is 8.73. The zero-order chi connectivity index (χ0) is 14.9. The molecule has 0 saturated carbocycles. The number of hydrogen-bond acceptors (Lipinski definition) is 2. The van der Waals surface area contributed by atoms with Gasteiger partial charge in [-0.3, -0.25) is 0 Å². The van der Waals surface area contributed by atoms with Crippen molar-refractivity contribution >= 4 is 8.32 Å². The van der Waals surface area contributed by atoms with E-state index < -0.39 is 8.32 Å². The molecular formula is C18H30O2Si. The Balaban J connectivity index is 1.64. The third-order valence-electron chi connectivity index (χ3n) is 4.99. The van der Waals surface area contributed by atoms with Gasteiger partial charge in [-0.2, -0.15) is 0 Å².